The molecule has 2 heterocycles. The zero-order valence-corrected chi connectivity index (χ0v) is 15.0. The fourth-order valence-electron chi connectivity index (χ4n) is 2.45. The van der Waals surface area contributed by atoms with E-state index < -0.39 is 11.8 Å². The van der Waals surface area contributed by atoms with E-state index in [0.717, 1.165) is 11.1 Å². The summed E-state index contributed by atoms with van der Waals surface area (Å²) in [4.78, 5) is 35.2. The Morgan fingerprint density at radius 3 is 2.61 bits per heavy atom. The summed E-state index contributed by atoms with van der Waals surface area (Å²) in [6.45, 7) is 0.450. The van der Waals surface area contributed by atoms with Crippen molar-refractivity contribution in [2.75, 3.05) is 0 Å². The Morgan fingerprint density at radius 1 is 1.04 bits per heavy atom. The number of carbonyl (C=O) groups is 2. The maximum Gasteiger partial charge on any atom is 0.262 e. The number of aromatic nitrogens is 3. The van der Waals surface area contributed by atoms with Crippen LogP contribution in [-0.4, -0.2) is 26.2 Å². The molecule has 8 nitrogen and oxygen atoms in total. The molecule has 0 aliphatic heterocycles. The highest BCUT2D eigenvalue weighted by Gasteiger charge is 2.05. The van der Waals surface area contributed by atoms with E-state index in [1.165, 1.54) is 22.9 Å². The van der Waals surface area contributed by atoms with Crippen LogP contribution in [0.25, 0.3) is 6.08 Å². The van der Waals surface area contributed by atoms with E-state index in [4.69, 9.17) is 0 Å². The third-order valence-electron chi connectivity index (χ3n) is 3.81. The van der Waals surface area contributed by atoms with E-state index in [0.29, 0.717) is 6.54 Å². The molecule has 0 unspecified atom stereocenters. The molecule has 0 atom stereocenters. The largest absolute Gasteiger partial charge is 0.306 e. The minimum atomic E-state index is -0.509. The second-order valence-corrected chi connectivity index (χ2v) is 5.99. The summed E-state index contributed by atoms with van der Waals surface area (Å²) in [5.74, 6) is -1.00. The summed E-state index contributed by atoms with van der Waals surface area (Å²) in [5, 5.41) is 4.25. The van der Waals surface area contributed by atoms with Gasteiger partial charge in [-0.05, 0) is 17.7 Å². The molecule has 3 aromatic rings. The van der Waals surface area contributed by atoms with Crippen molar-refractivity contribution < 1.29 is 9.59 Å². The Balaban J connectivity index is 1.47. The molecule has 1 aromatic carbocycles. The number of amides is 2. The minimum absolute atomic E-state index is 0.185. The maximum absolute atomic E-state index is 11.8. The Bertz CT molecular complexity index is 1040. The van der Waals surface area contributed by atoms with Crippen LogP contribution in [0.2, 0.25) is 0 Å². The van der Waals surface area contributed by atoms with Gasteiger partial charge in [-0.25, -0.2) is 0 Å². The van der Waals surface area contributed by atoms with Crippen molar-refractivity contribution in [1.29, 1.82) is 0 Å². The van der Waals surface area contributed by atoms with Crippen molar-refractivity contribution >= 4 is 17.9 Å². The van der Waals surface area contributed by atoms with Crippen LogP contribution >= 0.6 is 0 Å². The fourth-order valence-corrected chi connectivity index (χ4v) is 2.45. The SMILES string of the molecule is O=C(/C=C/c1cnn(Cc2ccccc2)c1)NNC(=O)Cn1ccccc1=O. The van der Waals surface area contributed by atoms with Crippen LogP contribution < -0.4 is 16.4 Å². The van der Waals surface area contributed by atoms with Gasteiger partial charge in [-0.1, -0.05) is 36.4 Å². The topological polar surface area (TPSA) is 98.0 Å². The zero-order valence-electron chi connectivity index (χ0n) is 15.0. The molecular weight excluding hydrogens is 358 g/mol. The first-order valence-electron chi connectivity index (χ1n) is 8.59. The lowest BCUT2D eigenvalue weighted by molar-refractivity contribution is -0.127. The van der Waals surface area contributed by atoms with Crippen molar-refractivity contribution in [3.8, 4) is 0 Å². The van der Waals surface area contributed by atoms with Crippen molar-refractivity contribution in [3.05, 3.63) is 94.7 Å². The second-order valence-electron chi connectivity index (χ2n) is 5.99. The Labute approximate surface area is 161 Å². The Kier molecular flexibility index (Phi) is 6.14. The molecule has 0 spiro atoms. The number of benzene rings is 1. The van der Waals surface area contributed by atoms with Gasteiger partial charge in [0, 0.05) is 30.1 Å². The highest BCUT2D eigenvalue weighted by atomic mass is 16.2. The van der Waals surface area contributed by atoms with Gasteiger partial charge >= 0.3 is 0 Å². The van der Waals surface area contributed by atoms with Gasteiger partial charge in [0.2, 0.25) is 0 Å². The molecule has 28 heavy (non-hydrogen) atoms. The number of pyridine rings is 1. The number of carbonyl (C=O) groups excluding carboxylic acids is 2. The first-order chi connectivity index (χ1) is 13.6. The quantitative estimate of drug-likeness (QED) is 0.494. The number of nitrogens with one attached hydrogen (secondary N) is 2. The average Bonchev–Trinajstić information content (AvgIpc) is 3.15. The molecule has 0 bridgehead atoms. The molecule has 0 aliphatic rings. The predicted octanol–water partition coefficient (Wildman–Crippen LogP) is 0.954. The van der Waals surface area contributed by atoms with Gasteiger partial charge in [0.15, 0.2) is 0 Å². The highest BCUT2D eigenvalue weighted by Crippen LogP contribution is 2.05. The van der Waals surface area contributed by atoms with Crippen LogP contribution in [0.5, 0.6) is 0 Å². The molecule has 0 radical (unpaired) electrons. The van der Waals surface area contributed by atoms with E-state index >= 15 is 0 Å². The van der Waals surface area contributed by atoms with Crippen LogP contribution in [0.1, 0.15) is 11.1 Å². The average molecular weight is 377 g/mol. The van der Waals surface area contributed by atoms with Crippen molar-refractivity contribution in [2.45, 2.75) is 13.1 Å². The van der Waals surface area contributed by atoms with Gasteiger partial charge in [-0.2, -0.15) is 5.10 Å². The molecule has 8 heteroatoms. The molecule has 0 saturated heterocycles. The molecule has 2 aromatic heterocycles. The zero-order chi connectivity index (χ0) is 19.8. The number of hydrogen-bond acceptors (Lipinski definition) is 4. The van der Waals surface area contributed by atoms with Crippen LogP contribution in [0.3, 0.4) is 0 Å². The predicted molar refractivity (Wildman–Crippen MR) is 104 cm³/mol. The first-order valence-corrected chi connectivity index (χ1v) is 8.59. The molecule has 142 valence electrons. The lowest BCUT2D eigenvalue weighted by Crippen LogP contribution is -2.43. The van der Waals surface area contributed by atoms with Crippen LogP contribution in [-0.2, 0) is 22.7 Å². The third kappa shape index (κ3) is 5.53. The first kappa shape index (κ1) is 18.8. The molecule has 0 aliphatic carbocycles. The van der Waals surface area contributed by atoms with Gasteiger partial charge in [-0.15, -0.1) is 0 Å². The smallest absolute Gasteiger partial charge is 0.262 e. The van der Waals surface area contributed by atoms with Crippen LogP contribution in [0.4, 0.5) is 0 Å². The minimum Gasteiger partial charge on any atom is -0.306 e. The monoisotopic (exact) mass is 377 g/mol. The van der Waals surface area contributed by atoms with Crippen molar-refractivity contribution in [1.82, 2.24) is 25.2 Å². The molecule has 0 fully saturated rings. The maximum atomic E-state index is 11.8. The number of hydrazine groups is 1. The molecule has 2 amide bonds. The molecular formula is C20H19N5O3. The van der Waals surface area contributed by atoms with Gasteiger partial charge in [0.25, 0.3) is 17.4 Å². The summed E-state index contributed by atoms with van der Waals surface area (Å²) in [5.41, 5.74) is 6.12. The van der Waals surface area contributed by atoms with E-state index in [9.17, 15) is 14.4 Å². The van der Waals surface area contributed by atoms with Crippen LogP contribution in [0.15, 0.2) is 78.0 Å². The van der Waals surface area contributed by atoms with Gasteiger partial charge in [0.05, 0.1) is 12.7 Å². The van der Waals surface area contributed by atoms with E-state index in [1.807, 2.05) is 36.5 Å². The van der Waals surface area contributed by atoms with E-state index in [-0.39, 0.29) is 12.1 Å². The highest BCUT2D eigenvalue weighted by molar-refractivity contribution is 5.92. The van der Waals surface area contributed by atoms with Gasteiger partial charge in [-0.3, -0.25) is 29.9 Å². The van der Waals surface area contributed by atoms with E-state index in [2.05, 4.69) is 16.0 Å². The number of hydrogen-bond donors (Lipinski definition) is 2. The normalized spacial score (nSPS) is 10.7. The van der Waals surface area contributed by atoms with Crippen molar-refractivity contribution in [2.24, 2.45) is 0 Å². The summed E-state index contributed by atoms with van der Waals surface area (Å²) < 4.78 is 3.00. The lowest BCUT2D eigenvalue weighted by atomic mass is 10.2. The summed E-state index contributed by atoms with van der Waals surface area (Å²) >= 11 is 0. The summed E-state index contributed by atoms with van der Waals surface area (Å²) in [6.07, 6.45) is 7.84. The van der Waals surface area contributed by atoms with Crippen molar-refractivity contribution in [3.63, 3.8) is 0 Å². The molecule has 3 rings (SSSR count). The summed E-state index contributed by atoms with van der Waals surface area (Å²) in [7, 11) is 0. The molecule has 2 N–H and O–H groups in total. The number of nitrogens with zero attached hydrogens (tertiary/aromatic N) is 3. The Hall–Kier alpha value is -3.94. The second kappa shape index (κ2) is 9.13. The summed E-state index contributed by atoms with van der Waals surface area (Å²) in [6, 6.07) is 14.5. The van der Waals surface area contributed by atoms with E-state index in [1.54, 1.807) is 29.1 Å². The molecule has 0 saturated carbocycles. The van der Waals surface area contributed by atoms with Gasteiger partial charge in [0.1, 0.15) is 6.54 Å². The lowest BCUT2D eigenvalue weighted by Gasteiger charge is -2.06. The Morgan fingerprint density at radius 2 is 1.82 bits per heavy atom. The van der Waals surface area contributed by atoms with Gasteiger partial charge < -0.3 is 4.57 Å². The third-order valence-corrected chi connectivity index (χ3v) is 3.81. The standard InChI is InChI=1S/C20H19N5O3/c26-18(22-23-19(27)15-24-11-5-4-8-20(24)28)10-9-17-12-21-25(14-17)13-16-6-2-1-3-7-16/h1-12,14H,13,15H2,(H,22,26)(H,23,27)/b10-9+. The fraction of sp³-hybridized carbons (Fsp3) is 0.100. The van der Waals surface area contributed by atoms with Crippen LogP contribution in [0, 0.1) is 0 Å². The number of rotatable bonds is 6.